The highest BCUT2D eigenvalue weighted by Crippen LogP contribution is 2.23. The molecule has 0 radical (unpaired) electrons. The molecule has 2 fully saturated rings. The van der Waals surface area contributed by atoms with Crippen LogP contribution in [0.3, 0.4) is 0 Å². The van der Waals surface area contributed by atoms with Gasteiger partial charge in [-0.25, -0.2) is 12.8 Å². The Morgan fingerprint density at radius 3 is 2.25 bits per heavy atom. The molecular weight excluding hydrogens is 381 g/mol. The van der Waals surface area contributed by atoms with Gasteiger partial charge in [-0.2, -0.15) is 4.31 Å². The number of carbonyl (C=O) groups excluding carboxylic acids is 1. The Kier molecular flexibility index (Phi) is 7.06. The number of carbonyl (C=O) groups is 1. The molecule has 0 aromatic heterocycles. The van der Waals surface area contributed by atoms with Crippen LogP contribution in [-0.2, 0) is 14.8 Å². The van der Waals surface area contributed by atoms with E-state index < -0.39 is 15.8 Å². The van der Waals surface area contributed by atoms with Crippen molar-refractivity contribution in [1.29, 1.82) is 0 Å². The second-order valence-electron chi connectivity index (χ2n) is 7.61. The van der Waals surface area contributed by atoms with Crippen molar-refractivity contribution in [3.63, 3.8) is 0 Å². The number of likely N-dealkylation sites (N-methyl/N-ethyl adjacent to an activating group) is 1. The molecule has 1 aliphatic heterocycles. The molecule has 2 aliphatic rings. The molecule has 1 aliphatic carbocycles. The van der Waals surface area contributed by atoms with E-state index in [9.17, 15) is 17.6 Å². The quantitative estimate of drug-likeness (QED) is 0.721. The summed E-state index contributed by atoms with van der Waals surface area (Å²) < 4.78 is 39.9. The van der Waals surface area contributed by atoms with E-state index in [1.807, 2.05) is 16.7 Å². The first-order chi connectivity index (χ1) is 13.4. The van der Waals surface area contributed by atoms with Crippen LogP contribution in [0.1, 0.15) is 39.0 Å². The van der Waals surface area contributed by atoms with Gasteiger partial charge in [-0.05, 0) is 44.0 Å². The number of hydrogen-bond donors (Lipinski definition) is 0. The van der Waals surface area contributed by atoms with Crippen LogP contribution in [0.15, 0.2) is 29.2 Å². The lowest BCUT2D eigenvalue weighted by molar-refractivity contribution is -0.135. The van der Waals surface area contributed by atoms with Gasteiger partial charge in [0.25, 0.3) is 0 Å². The van der Waals surface area contributed by atoms with Gasteiger partial charge in [-0.1, -0.05) is 19.3 Å². The number of benzene rings is 1. The molecular formula is C20H30FN3O3S. The zero-order valence-corrected chi connectivity index (χ0v) is 17.3. The Labute approximate surface area is 167 Å². The molecule has 8 heteroatoms. The lowest BCUT2D eigenvalue weighted by Gasteiger charge is -2.37. The first-order valence-electron chi connectivity index (χ1n) is 10.2. The molecule has 1 saturated carbocycles. The number of sulfonamides is 1. The maximum absolute atomic E-state index is 13.1. The van der Waals surface area contributed by atoms with Gasteiger partial charge < -0.3 is 4.90 Å². The van der Waals surface area contributed by atoms with Crippen molar-refractivity contribution in [2.24, 2.45) is 0 Å². The molecule has 28 heavy (non-hydrogen) atoms. The van der Waals surface area contributed by atoms with Crippen molar-refractivity contribution in [3.8, 4) is 0 Å². The lowest BCUT2D eigenvalue weighted by atomic mass is 9.94. The standard InChI is InChI=1S/C20H30FN3O3S/c1-2-24(18-6-4-3-5-7-18)20(25)16-22-12-14-23(15-13-22)28(26,27)19-10-8-17(21)9-11-19/h8-11,18H,2-7,12-16H2,1H3. The van der Waals surface area contributed by atoms with E-state index in [0.717, 1.165) is 31.5 Å². The van der Waals surface area contributed by atoms with Gasteiger partial charge in [-0.3, -0.25) is 9.69 Å². The molecule has 1 heterocycles. The molecule has 1 aromatic rings. The van der Waals surface area contributed by atoms with Crippen LogP contribution < -0.4 is 0 Å². The van der Waals surface area contributed by atoms with E-state index >= 15 is 0 Å². The first-order valence-corrected chi connectivity index (χ1v) is 11.6. The molecule has 0 N–H and O–H groups in total. The van der Waals surface area contributed by atoms with Gasteiger partial charge in [0, 0.05) is 38.8 Å². The van der Waals surface area contributed by atoms with E-state index in [4.69, 9.17) is 0 Å². The smallest absolute Gasteiger partial charge is 0.243 e. The third-order valence-electron chi connectivity index (χ3n) is 5.82. The Morgan fingerprint density at radius 2 is 1.68 bits per heavy atom. The van der Waals surface area contributed by atoms with Crippen molar-refractivity contribution < 1.29 is 17.6 Å². The van der Waals surface area contributed by atoms with E-state index in [1.165, 1.54) is 35.7 Å². The molecule has 0 bridgehead atoms. The molecule has 0 unspecified atom stereocenters. The van der Waals surface area contributed by atoms with E-state index in [-0.39, 0.29) is 10.8 Å². The van der Waals surface area contributed by atoms with Gasteiger partial charge >= 0.3 is 0 Å². The lowest BCUT2D eigenvalue weighted by Crippen LogP contribution is -2.52. The number of halogens is 1. The summed E-state index contributed by atoms with van der Waals surface area (Å²) in [7, 11) is -3.62. The van der Waals surface area contributed by atoms with Crippen LogP contribution in [0.5, 0.6) is 0 Å². The topological polar surface area (TPSA) is 60.9 Å². The van der Waals surface area contributed by atoms with Crippen molar-refractivity contribution >= 4 is 15.9 Å². The van der Waals surface area contributed by atoms with E-state index in [2.05, 4.69) is 0 Å². The van der Waals surface area contributed by atoms with Gasteiger partial charge in [0.1, 0.15) is 5.82 Å². The molecule has 3 rings (SSSR count). The molecule has 0 atom stereocenters. The zero-order chi connectivity index (χ0) is 20.1. The van der Waals surface area contributed by atoms with Crippen molar-refractivity contribution in [2.75, 3.05) is 39.3 Å². The number of amides is 1. The summed E-state index contributed by atoms with van der Waals surface area (Å²) in [5, 5.41) is 0. The monoisotopic (exact) mass is 411 g/mol. The maximum atomic E-state index is 13.1. The van der Waals surface area contributed by atoms with Crippen LogP contribution in [0.2, 0.25) is 0 Å². The minimum Gasteiger partial charge on any atom is -0.339 e. The van der Waals surface area contributed by atoms with Crippen LogP contribution in [0.4, 0.5) is 4.39 Å². The summed E-state index contributed by atoms with van der Waals surface area (Å²) in [5.74, 6) is -0.315. The van der Waals surface area contributed by atoms with Crippen LogP contribution >= 0.6 is 0 Å². The molecule has 0 spiro atoms. The number of rotatable bonds is 6. The SMILES string of the molecule is CCN(C(=O)CN1CCN(S(=O)(=O)c2ccc(F)cc2)CC1)C1CCCCC1. The second-order valence-corrected chi connectivity index (χ2v) is 9.54. The first kappa shape index (κ1) is 21.2. The molecule has 156 valence electrons. The van der Waals surface area contributed by atoms with Crippen molar-refractivity contribution in [3.05, 3.63) is 30.1 Å². The fourth-order valence-electron chi connectivity index (χ4n) is 4.20. The molecule has 6 nitrogen and oxygen atoms in total. The summed E-state index contributed by atoms with van der Waals surface area (Å²) in [6.45, 7) is 4.81. The zero-order valence-electron chi connectivity index (χ0n) is 16.5. The van der Waals surface area contributed by atoms with Crippen LogP contribution in [0.25, 0.3) is 0 Å². The Hall–Kier alpha value is -1.51. The minimum atomic E-state index is -3.62. The number of hydrogen-bond acceptors (Lipinski definition) is 4. The number of piperazine rings is 1. The normalized spacial score (nSPS) is 20.2. The van der Waals surface area contributed by atoms with Crippen molar-refractivity contribution in [1.82, 2.24) is 14.1 Å². The summed E-state index contributed by atoms with van der Waals surface area (Å²) in [4.78, 5) is 16.9. The summed E-state index contributed by atoms with van der Waals surface area (Å²) >= 11 is 0. The molecule has 1 saturated heterocycles. The summed E-state index contributed by atoms with van der Waals surface area (Å²) in [6.07, 6.45) is 5.81. The molecule has 1 amide bonds. The highest BCUT2D eigenvalue weighted by atomic mass is 32.2. The maximum Gasteiger partial charge on any atom is 0.243 e. The predicted octanol–water partition coefficient (Wildman–Crippen LogP) is 2.31. The number of nitrogens with zero attached hydrogens (tertiary/aromatic N) is 3. The van der Waals surface area contributed by atoms with Crippen molar-refractivity contribution in [2.45, 2.75) is 50.0 Å². The van der Waals surface area contributed by atoms with Gasteiger partial charge in [0.05, 0.1) is 11.4 Å². The average Bonchev–Trinajstić information content (AvgIpc) is 2.70. The highest BCUT2D eigenvalue weighted by Gasteiger charge is 2.31. The van der Waals surface area contributed by atoms with Gasteiger partial charge in [0.2, 0.25) is 15.9 Å². The van der Waals surface area contributed by atoms with E-state index in [1.54, 1.807) is 0 Å². The average molecular weight is 412 g/mol. The third-order valence-corrected chi connectivity index (χ3v) is 7.73. The summed E-state index contributed by atoms with van der Waals surface area (Å²) in [6, 6.07) is 5.26. The fourth-order valence-corrected chi connectivity index (χ4v) is 5.62. The van der Waals surface area contributed by atoms with E-state index in [0.29, 0.717) is 38.8 Å². The predicted molar refractivity (Wildman–Crippen MR) is 106 cm³/mol. The summed E-state index contributed by atoms with van der Waals surface area (Å²) in [5.41, 5.74) is 0. The Morgan fingerprint density at radius 1 is 1.07 bits per heavy atom. The Balaban J connectivity index is 1.54. The van der Waals surface area contributed by atoms with Gasteiger partial charge in [-0.15, -0.1) is 0 Å². The second kappa shape index (κ2) is 9.33. The fraction of sp³-hybridized carbons (Fsp3) is 0.650. The van der Waals surface area contributed by atoms with Crippen LogP contribution in [-0.4, -0.2) is 73.7 Å². The highest BCUT2D eigenvalue weighted by molar-refractivity contribution is 7.89. The Bertz CT molecular complexity index is 755. The minimum absolute atomic E-state index is 0.105. The van der Waals surface area contributed by atoms with Crippen LogP contribution in [0, 0.1) is 5.82 Å². The van der Waals surface area contributed by atoms with Gasteiger partial charge in [0.15, 0.2) is 0 Å². The molecule has 1 aromatic carbocycles. The largest absolute Gasteiger partial charge is 0.339 e. The third kappa shape index (κ3) is 4.90.